The van der Waals surface area contributed by atoms with Gasteiger partial charge in [0.2, 0.25) is 17.7 Å². The molecule has 5 heterocycles. The lowest BCUT2D eigenvalue weighted by molar-refractivity contribution is 0.122. The Bertz CT molecular complexity index is 1290. The Hall–Kier alpha value is -3.99. The number of rotatable bonds is 8. The summed E-state index contributed by atoms with van der Waals surface area (Å²) in [7, 11) is 0. The van der Waals surface area contributed by atoms with Gasteiger partial charge in [-0.25, -0.2) is 15.0 Å². The Morgan fingerprint density at radius 2 is 1.84 bits per heavy atom. The minimum atomic E-state index is 0.0980. The Kier molecular flexibility index (Phi) is 6.93. The van der Waals surface area contributed by atoms with Gasteiger partial charge in [-0.1, -0.05) is 0 Å². The molecule has 0 amide bonds. The van der Waals surface area contributed by atoms with E-state index in [0.29, 0.717) is 36.7 Å². The summed E-state index contributed by atoms with van der Waals surface area (Å²) in [5.74, 6) is 3.21. The third-order valence-corrected chi connectivity index (χ3v) is 6.65. The van der Waals surface area contributed by atoms with Crippen LogP contribution in [-0.4, -0.2) is 63.4 Å². The molecule has 2 fully saturated rings. The van der Waals surface area contributed by atoms with E-state index < -0.39 is 0 Å². The fourth-order valence-corrected chi connectivity index (χ4v) is 4.68. The molecular weight excluding hydrogens is 474 g/mol. The lowest BCUT2D eigenvalue weighted by atomic mass is 9.93. The molecule has 6 rings (SSSR count). The Labute approximate surface area is 214 Å². The molecule has 11 nitrogen and oxygen atoms in total. The summed E-state index contributed by atoms with van der Waals surface area (Å²) in [5, 5.41) is 4.38. The van der Waals surface area contributed by atoms with Crippen LogP contribution in [0.4, 0.5) is 11.8 Å². The van der Waals surface area contributed by atoms with E-state index in [0.717, 1.165) is 55.5 Å². The molecule has 1 aliphatic heterocycles. The topological polar surface area (TPSA) is 121 Å². The van der Waals surface area contributed by atoms with Gasteiger partial charge in [0.05, 0.1) is 42.7 Å². The molecule has 1 N–H and O–H groups in total. The Morgan fingerprint density at radius 3 is 2.62 bits per heavy atom. The Balaban J connectivity index is 1.05. The largest absolute Gasteiger partial charge is 0.481 e. The van der Waals surface area contributed by atoms with Gasteiger partial charge >= 0.3 is 0 Å². The van der Waals surface area contributed by atoms with Crippen LogP contribution in [0.25, 0.3) is 10.9 Å². The van der Waals surface area contributed by atoms with E-state index in [1.54, 1.807) is 18.6 Å². The number of morpholine rings is 1. The predicted octanol–water partition coefficient (Wildman–Crippen LogP) is 3.63. The van der Waals surface area contributed by atoms with Gasteiger partial charge in [-0.05, 0) is 37.8 Å². The molecule has 0 bridgehead atoms. The van der Waals surface area contributed by atoms with Crippen molar-refractivity contribution in [2.45, 2.75) is 44.4 Å². The zero-order valence-corrected chi connectivity index (χ0v) is 20.5. The number of fused-ring (bicyclic) bond motifs is 1. The average molecular weight is 504 g/mol. The minimum absolute atomic E-state index is 0.0980. The zero-order valence-electron chi connectivity index (χ0n) is 20.5. The van der Waals surface area contributed by atoms with Gasteiger partial charge in [0, 0.05) is 31.4 Å². The van der Waals surface area contributed by atoms with Crippen molar-refractivity contribution in [2.24, 2.45) is 0 Å². The maximum Gasteiger partial charge on any atom is 0.232 e. The quantitative estimate of drug-likeness (QED) is 0.379. The number of aromatic nitrogens is 5. The summed E-state index contributed by atoms with van der Waals surface area (Å²) in [4.78, 5) is 24.5. The summed E-state index contributed by atoms with van der Waals surface area (Å²) in [5.41, 5.74) is 0.898. The molecule has 0 unspecified atom stereocenters. The number of anilines is 2. The number of hydrogen-bond acceptors (Lipinski definition) is 11. The molecule has 192 valence electrons. The van der Waals surface area contributed by atoms with E-state index in [1.807, 2.05) is 24.4 Å². The summed E-state index contributed by atoms with van der Waals surface area (Å²) < 4.78 is 22.7. The number of pyridine rings is 2. The van der Waals surface area contributed by atoms with Gasteiger partial charge in [-0.2, -0.15) is 4.98 Å². The van der Waals surface area contributed by atoms with Gasteiger partial charge in [0.1, 0.15) is 18.2 Å². The van der Waals surface area contributed by atoms with E-state index in [2.05, 4.69) is 30.2 Å². The van der Waals surface area contributed by atoms with Gasteiger partial charge < -0.3 is 28.8 Å². The van der Waals surface area contributed by atoms with E-state index in [1.165, 1.54) is 6.26 Å². The van der Waals surface area contributed by atoms with Crippen molar-refractivity contribution < 1.29 is 18.6 Å². The molecular formula is C26H29N7O4. The third-order valence-electron chi connectivity index (χ3n) is 6.65. The molecule has 4 aromatic heterocycles. The molecule has 11 heteroatoms. The van der Waals surface area contributed by atoms with Crippen LogP contribution in [0.1, 0.15) is 31.6 Å². The van der Waals surface area contributed by atoms with Gasteiger partial charge in [-0.3, -0.25) is 4.98 Å². The SMILES string of the molecule is c1cnc2cc(N3CCOCC3)nc(O[C@H]3CC[C@@H](Nc4ncc(OCc5ncco5)cn4)CC3)c2c1. The fraction of sp³-hybridized carbons (Fsp3) is 0.423. The first-order valence-electron chi connectivity index (χ1n) is 12.6. The van der Waals surface area contributed by atoms with Crippen LogP contribution in [0.5, 0.6) is 11.6 Å². The van der Waals surface area contributed by atoms with E-state index in [9.17, 15) is 0 Å². The highest BCUT2D eigenvalue weighted by Gasteiger charge is 2.25. The van der Waals surface area contributed by atoms with Crippen LogP contribution in [-0.2, 0) is 11.3 Å². The smallest absolute Gasteiger partial charge is 0.232 e. The van der Waals surface area contributed by atoms with E-state index >= 15 is 0 Å². The number of nitrogens with zero attached hydrogens (tertiary/aromatic N) is 6. The number of ether oxygens (including phenoxy) is 3. The van der Waals surface area contributed by atoms with Crippen molar-refractivity contribution in [1.82, 2.24) is 24.9 Å². The molecule has 37 heavy (non-hydrogen) atoms. The van der Waals surface area contributed by atoms with Crippen molar-refractivity contribution in [2.75, 3.05) is 36.5 Å². The molecule has 0 atom stereocenters. The predicted molar refractivity (Wildman–Crippen MR) is 136 cm³/mol. The van der Waals surface area contributed by atoms with Crippen LogP contribution in [0, 0.1) is 0 Å². The second kappa shape index (κ2) is 11.0. The highest BCUT2D eigenvalue weighted by atomic mass is 16.5. The van der Waals surface area contributed by atoms with Crippen molar-refractivity contribution >= 4 is 22.7 Å². The number of hydrogen-bond donors (Lipinski definition) is 1. The van der Waals surface area contributed by atoms with E-state index in [4.69, 9.17) is 23.6 Å². The average Bonchev–Trinajstić information content (AvgIpc) is 3.48. The van der Waals surface area contributed by atoms with Crippen LogP contribution in [0.3, 0.4) is 0 Å². The summed E-state index contributed by atoms with van der Waals surface area (Å²) in [6.07, 6.45) is 12.1. The van der Waals surface area contributed by atoms with Gasteiger partial charge in [0.25, 0.3) is 0 Å². The first kappa shape index (κ1) is 23.4. The van der Waals surface area contributed by atoms with Crippen molar-refractivity contribution in [3.8, 4) is 11.6 Å². The van der Waals surface area contributed by atoms with Crippen LogP contribution in [0.15, 0.2) is 53.7 Å². The molecule has 0 radical (unpaired) electrons. The molecule has 2 aliphatic rings. The summed E-state index contributed by atoms with van der Waals surface area (Å²) in [6.45, 7) is 3.28. The highest BCUT2D eigenvalue weighted by molar-refractivity contribution is 5.85. The van der Waals surface area contributed by atoms with Crippen LogP contribution < -0.4 is 19.7 Å². The van der Waals surface area contributed by atoms with Crippen LogP contribution in [0.2, 0.25) is 0 Å². The van der Waals surface area contributed by atoms with Gasteiger partial charge in [0.15, 0.2) is 12.4 Å². The van der Waals surface area contributed by atoms with Crippen molar-refractivity contribution in [3.63, 3.8) is 0 Å². The van der Waals surface area contributed by atoms with E-state index in [-0.39, 0.29) is 18.8 Å². The Morgan fingerprint density at radius 1 is 1.00 bits per heavy atom. The molecule has 1 aliphatic carbocycles. The molecule has 4 aromatic rings. The maximum absolute atomic E-state index is 6.47. The first-order chi connectivity index (χ1) is 18.3. The summed E-state index contributed by atoms with van der Waals surface area (Å²) in [6, 6.07) is 6.27. The monoisotopic (exact) mass is 503 g/mol. The molecule has 1 saturated heterocycles. The van der Waals surface area contributed by atoms with Crippen molar-refractivity contribution in [3.05, 3.63) is 55.1 Å². The maximum atomic E-state index is 6.47. The first-order valence-corrected chi connectivity index (χ1v) is 12.6. The summed E-state index contributed by atoms with van der Waals surface area (Å²) >= 11 is 0. The lowest BCUT2D eigenvalue weighted by Crippen LogP contribution is -2.37. The number of oxazole rings is 1. The second-order valence-electron chi connectivity index (χ2n) is 9.15. The highest BCUT2D eigenvalue weighted by Crippen LogP contribution is 2.31. The normalized spacial score (nSPS) is 20.1. The molecule has 0 aromatic carbocycles. The minimum Gasteiger partial charge on any atom is -0.481 e. The molecule has 1 saturated carbocycles. The van der Waals surface area contributed by atoms with Crippen molar-refractivity contribution in [1.29, 1.82) is 0 Å². The van der Waals surface area contributed by atoms with Crippen LogP contribution >= 0.6 is 0 Å². The fourth-order valence-electron chi connectivity index (χ4n) is 4.68. The molecule has 0 spiro atoms. The number of nitrogens with one attached hydrogen (secondary N) is 1. The third kappa shape index (κ3) is 5.72. The van der Waals surface area contributed by atoms with Gasteiger partial charge in [-0.15, -0.1) is 0 Å². The second-order valence-corrected chi connectivity index (χ2v) is 9.15. The lowest BCUT2D eigenvalue weighted by Gasteiger charge is -2.31. The standard InChI is InChI=1S/C26H29N7O4/c1-2-21-22(27-7-1)14-23(33-9-12-34-13-10-33)32-25(21)37-19-5-3-18(4-6-19)31-26-29-15-20(16-30-26)36-17-24-28-8-11-35-24/h1-2,7-8,11,14-16,18-19H,3-6,9-10,12-13,17H2,(H,29,30,31)/t18-,19+. The zero-order chi connectivity index (χ0) is 24.9.